The lowest BCUT2D eigenvalue weighted by Gasteiger charge is -2.34. The second-order valence-corrected chi connectivity index (χ2v) is 15.7. The summed E-state index contributed by atoms with van der Waals surface area (Å²) in [6.45, 7) is 28.6. The van der Waals surface area contributed by atoms with E-state index in [1.807, 2.05) is 0 Å². The molecule has 0 N–H and O–H groups in total. The highest BCUT2D eigenvalue weighted by atomic mass is 31.1. The zero-order valence-corrected chi connectivity index (χ0v) is 20.3. The largest absolute Gasteiger partial charge is 0.0969 e. The maximum absolute atomic E-state index is 4.63. The monoisotopic (exact) mass is 380 g/mol. The second-order valence-electron chi connectivity index (χ2n) is 8.89. The van der Waals surface area contributed by atoms with Crippen LogP contribution in [0.1, 0.15) is 75.7 Å². The molecule has 2 heteroatoms. The molecule has 0 saturated carbocycles. The summed E-state index contributed by atoms with van der Waals surface area (Å²) in [5.74, 6) is 0. The molecule has 0 atom stereocenters. The zero-order valence-electron chi connectivity index (χ0n) is 18.5. The Kier molecular flexibility index (Phi) is 9.11. The van der Waals surface area contributed by atoms with Gasteiger partial charge < -0.3 is 0 Å². The average molecular weight is 381 g/mol. The van der Waals surface area contributed by atoms with Gasteiger partial charge in [-0.2, -0.15) is 0 Å². The van der Waals surface area contributed by atoms with Crippen LogP contribution in [-0.2, 0) is 0 Å². The van der Waals surface area contributed by atoms with Gasteiger partial charge in [-0.25, -0.2) is 0 Å². The Morgan fingerprint density at radius 2 is 0.960 bits per heavy atom. The summed E-state index contributed by atoms with van der Waals surface area (Å²) in [5, 5.41) is 0. The van der Waals surface area contributed by atoms with Gasteiger partial charge in [0.1, 0.15) is 0 Å². The molecule has 0 aromatic heterocycles. The van der Waals surface area contributed by atoms with Crippen molar-refractivity contribution in [2.24, 2.45) is 0 Å². The lowest BCUT2D eigenvalue weighted by molar-refractivity contribution is 0.968. The molecule has 0 nitrogen and oxygen atoms in total. The van der Waals surface area contributed by atoms with Gasteiger partial charge in [0.05, 0.1) is 0 Å². The van der Waals surface area contributed by atoms with E-state index in [-0.39, 0.29) is 15.8 Å². The van der Waals surface area contributed by atoms with E-state index in [1.165, 1.54) is 24.3 Å². The first kappa shape index (κ1) is 23.1. The minimum Gasteiger partial charge on any atom is -0.0969 e. The van der Waals surface area contributed by atoms with E-state index in [1.54, 1.807) is 22.3 Å². The molecule has 25 heavy (non-hydrogen) atoms. The van der Waals surface area contributed by atoms with Crippen molar-refractivity contribution in [2.75, 3.05) is 12.3 Å². The molecule has 0 unspecified atom stereocenters. The normalized spacial score (nSPS) is 16.9. The molecule has 0 fully saturated rings. The zero-order chi connectivity index (χ0) is 19.5. The highest BCUT2D eigenvalue weighted by molar-refractivity contribution is 7.59. The highest BCUT2D eigenvalue weighted by Crippen LogP contribution is 2.53. The summed E-state index contributed by atoms with van der Waals surface area (Å²) in [6.07, 6.45) is 3.71. The van der Waals surface area contributed by atoms with Crippen LogP contribution in [0.4, 0.5) is 0 Å². The molecular weight excluding hydrogens is 338 g/mol. The van der Waals surface area contributed by atoms with Crippen LogP contribution in [0.15, 0.2) is 34.4 Å². The summed E-state index contributed by atoms with van der Waals surface area (Å²) in [4.78, 5) is 0. The molecular formula is C23H42P2. The van der Waals surface area contributed by atoms with Gasteiger partial charge in [-0.05, 0) is 71.9 Å². The minimum absolute atomic E-state index is 0.0307. The van der Waals surface area contributed by atoms with Crippen molar-refractivity contribution in [1.29, 1.82) is 0 Å². The van der Waals surface area contributed by atoms with Gasteiger partial charge in [0.25, 0.3) is 0 Å². The Bertz CT molecular complexity index is 470. The van der Waals surface area contributed by atoms with Crippen LogP contribution in [-0.4, -0.2) is 35.0 Å². The van der Waals surface area contributed by atoms with E-state index >= 15 is 0 Å². The summed E-state index contributed by atoms with van der Waals surface area (Å²) in [7, 11) is 0.0614. The molecule has 0 radical (unpaired) electrons. The van der Waals surface area contributed by atoms with E-state index in [0.717, 1.165) is 22.6 Å². The number of allylic oxidation sites excluding steroid dienone is 5. The van der Waals surface area contributed by atoms with Gasteiger partial charge in [0, 0.05) is 0 Å². The lowest BCUT2D eigenvalue weighted by atomic mass is 9.85. The molecule has 0 aliphatic heterocycles. The third kappa shape index (κ3) is 6.04. The van der Waals surface area contributed by atoms with Crippen molar-refractivity contribution < 1.29 is 0 Å². The maximum Gasteiger partial charge on any atom is -0.00631 e. The van der Waals surface area contributed by atoms with Crippen LogP contribution < -0.4 is 0 Å². The highest BCUT2D eigenvalue weighted by Gasteiger charge is 2.27. The molecule has 0 heterocycles. The van der Waals surface area contributed by atoms with E-state index in [4.69, 9.17) is 0 Å². The quantitative estimate of drug-likeness (QED) is 0.372. The molecule has 0 aromatic carbocycles. The predicted octanol–water partition coefficient (Wildman–Crippen LogP) is 8.18. The summed E-state index contributed by atoms with van der Waals surface area (Å²) in [5.41, 5.74) is 10.9. The third-order valence-corrected chi connectivity index (χ3v) is 12.3. The molecule has 0 aromatic rings. The Morgan fingerprint density at radius 1 is 0.680 bits per heavy atom. The summed E-state index contributed by atoms with van der Waals surface area (Å²) in [6, 6.07) is 0. The van der Waals surface area contributed by atoms with Gasteiger partial charge in [0.15, 0.2) is 0 Å². The fraction of sp³-hybridized carbons (Fsp3) is 0.739. The lowest BCUT2D eigenvalue weighted by Crippen LogP contribution is -2.17. The third-order valence-electron chi connectivity index (χ3n) is 5.62. The predicted molar refractivity (Wildman–Crippen MR) is 123 cm³/mol. The molecule has 0 bridgehead atoms. The van der Waals surface area contributed by atoms with Crippen molar-refractivity contribution in [3.63, 3.8) is 0 Å². The van der Waals surface area contributed by atoms with Crippen molar-refractivity contribution in [1.82, 2.24) is 0 Å². The standard InChI is InChI=1S/C23H42P2/c1-15(2)24(16(3)4)13-22-19(9)12-20(10)23(21(22)11)14-25(17(5)6)18(7)8/h15-18H,11-14H2,1-10H3. The van der Waals surface area contributed by atoms with Crippen molar-refractivity contribution in [2.45, 2.75) is 98.3 Å². The topological polar surface area (TPSA) is 0 Å². The van der Waals surface area contributed by atoms with Gasteiger partial charge in [0.2, 0.25) is 0 Å². The number of hydrogen-bond acceptors (Lipinski definition) is 0. The van der Waals surface area contributed by atoms with Gasteiger partial charge in [-0.15, -0.1) is 0 Å². The molecule has 1 rings (SSSR count). The fourth-order valence-electron chi connectivity index (χ4n) is 4.06. The first-order valence-electron chi connectivity index (χ1n) is 10.1. The molecule has 0 saturated heterocycles. The summed E-state index contributed by atoms with van der Waals surface area (Å²) < 4.78 is 0. The van der Waals surface area contributed by atoms with Gasteiger partial charge in [-0.1, -0.05) is 89.0 Å². The molecule has 0 amide bonds. The molecule has 144 valence electrons. The summed E-state index contributed by atoms with van der Waals surface area (Å²) >= 11 is 0. The number of rotatable bonds is 8. The van der Waals surface area contributed by atoms with Crippen LogP contribution in [0.3, 0.4) is 0 Å². The van der Waals surface area contributed by atoms with Crippen LogP contribution in [0, 0.1) is 0 Å². The Morgan fingerprint density at radius 3 is 1.20 bits per heavy atom. The smallest absolute Gasteiger partial charge is 0.00631 e. The van der Waals surface area contributed by atoms with Crippen LogP contribution >= 0.6 is 15.8 Å². The van der Waals surface area contributed by atoms with E-state index < -0.39 is 0 Å². The van der Waals surface area contributed by atoms with E-state index in [9.17, 15) is 0 Å². The van der Waals surface area contributed by atoms with Gasteiger partial charge in [-0.3, -0.25) is 0 Å². The van der Waals surface area contributed by atoms with Crippen molar-refractivity contribution >= 4 is 15.8 Å². The van der Waals surface area contributed by atoms with Crippen molar-refractivity contribution in [3.8, 4) is 0 Å². The maximum atomic E-state index is 4.63. The van der Waals surface area contributed by atoms with E-state index in [2.05, 4.69) is 75.8 Å². The Labute approximate surface area is 161 Å². The van der Waals surface area contributed by atoms with E-state index in [0.29, 0.717) is 0 Å². The van der Waals surface area contributed by atoms with Crippen LogP contribution in [0.25, 0.3) is 0 Å². The SMILES string of the molecule is C=C1C(CP(C(C)C)C(C)C)=C(C)CC(C)=C1CP(C(C)C)C(C)C. The fourth-order valence-corrected chi connectivity index (χ4v) is 9.55. The minimum atomic E-state index is 0.0307. The first-order chi connectivity index (χ1) is 11.5. The molecule has 1 aliphatic carbocycles. The second kappa shape index (κ2) is 9.85. The van der Waals surface area contributed by atoms with Gasteiger partial charge >= 0.3 is 0 Å². The molecule has 1 aliphatic rings. The first-order valence-corrected chi connectivity index (χ1v) is 13.4. The molecule has 0 spiro atoms. The average Bonchev–Trinajstić information content (AvgIpc) is 2.44. The van der Waals surface area contributed by atoms with Crippen LogP contribution in [0.2, 0.25) is 0 Å². The Balaban J connectivity index is 3.09. The van der Waals surface area contributed by atoms with Crippen LogP contribution in [0.5, 0.6) is 0 Å². The van der Waals surface area contributed by atoms with Crippen molar-refractivity contribution in [3.05, 3.63) is 34.4 Å². The Hall–Kier alpha value is 0.0800. The number of hydrogen-bond donors (Lipinski definition) is 0.